The molecule has 5 nitrogen and oxygen atoms in total. The maximum Gasteiger partial charge on any atom is 0.223 e. The van der Waals surface area contributed by atoms with Gasteiger partial charge < -0.3 is 19.9 Å². The third-order valence-corrected chi connectivity index (χ3v) is 3.97. The number of methoxy groups -OCH3 is 1. The summed E-state index contributed by atoms with van der Waals surface area (Å²) in [5.74, 6) is 0.256. The summed E-state index contributed by atoms with van der Waals surface area (Å²) in [6.07, 6.45) is 1.57. The molecule has 0 atom stereocenters. The van der Waals surface area contributed by atoms with Gasteiger partial charge in [0.05, 0.1) is 0 Å². The van der Waals surface area contributed by atoms with Gasteiger partial charge in [-0.15, -0.1) is 0 Å². The van der Waals surface area contributed by atoms with Crippen molar-refractivity contribution >= 4 is 11.6 Å². The molecule has 0 aromatic heterocycles. The summed E-state index contributed by atoms with van der Waals surface area (Å²) in [5.41, 5.74) is 1.24. The van der Waals surface area contributed by atoms with Crippen LogP contribution in [0.15, 0.2) is 30.3 Å². The van der Waals surface area contributed by atoms with E-state index >= 15 is 0 Å². The molecule has 5 heteroatoms. The minimum absolute atomic E-state index is 0.256. The number of carbonyl (C=O) groups is 1. The Morgan fingerprint density at radius 3 is 2.55 bits per heavy atom. The van der Waals surface area contributed by atoms with E-state index in [-0.39, 0.29) is 5.91 Å². The van der Waals surface area contributed by atoms with E-state index in [1.165, 1.54) is 5.69 Å². The average Bonchev–Trinajstić information content (AvgIpc) is 2.59. The van der Waals surface area contributed by atoms with Crippen molar-refractivity contribution in [3.05, 3.63) is 30.3 Å². The Hall–Kier alpha value is -1.59. The fourth-order valence-corrected chi connectivity index (χ4v) is 2.67. The summed E-state index contributed by atoms with van der Waals surface area (Å²) in [4.78, 5) is 16.5. The molecule has 22 heavy (non-hydrogen) atoms. The number of piperazine rings is 1. The Bertz CT molecular complexity index is 431. The molecule has 1 aliphatic rings. The van der Waals surface area contributed by atoms with Crippen LogP contribution < -0.4 is 10.2 Å². The Kier molecular flexibility index (Phi) is 7.19. The Morgan fingerprint density at radius 2 is 1.86 bits per heavy atom. The number of anilines is 1. The van der Waals surface area contributed by atoms with E-state index in [4.69, 9.17) is 4.74 Å². The lowest BCUT2D eigenvalue weighted by molar-refractivity contribution is -0.131. The number of carbonyl (C=O) groups excluding carboxylic acids is 1. The van der Waals surface area contributed by atoms with Crippen molar-refractivity contribution in [3.8, 4) is 0 Å². The Balaban J connectivity index is 1.63. The molecule has 0 saturated carbocycles. The zero-order valence-corrected chi connectivity index (χ0v) is 13.5. The number of hydrogen-bond acceptors (Lipinski definition) is 4. The lowest BCUT2D eigenvalue weighted by atomic mass is 10.2. The molecule has 122 valence electrons. The first-order valence-corrected chi connectivity index (χ1v) is 8.08. The van der Waals surface area contributed by atoms with Crippen molar-refractivity contribution in [2.24, 2.45) is 0 Å². The van der Waals surface area contributed by atoms with Crippen LogP contribution in [-0.2, 0) is 9.53 Å². The smallest absolute Gasteiger partial charge is 0.223 e. The van der Waals surface area contributed by atoms with Crippen molar-refractivity contribution in [1.29, 1.82) is 0 Å². The van der Waals surface area contributed by atoms with Crippen LogP contribution >= 0.6 is 0 Å². The van der Waals surface area contributed by atoms with E-state index < -0.39 is 0 Å². The van der Waals surface area contributed by atoms with Gasteiger partial charge in [0.25, 0.3) is 0 Å². The second-order valence-electron chi connectivity index (χ2n) is 5.55. The van der Waals surface area contributed by atoms with Crippen molar-refractivity contribution in [2.75, 3.05) is 57.9 Å². The van der Waals surface area contributed by atoms with Crippen LogP contribution in [0.25, 0.3) is 0 Å². The third-order valence-electron chi connectivity index (χ3n) is 3.97. The van der Waals surface area contributed by atoms with Crippen molar-refractivity contribution in [3.63, 3.8) is 0 Å². The van der Waals surface area contributed by atoms with Crippen LogP contribution in [0.2, 0.25) is 0 Å². The number of rotatable bonds is 8. The van der Waals surface area contributed by atoms with Gasteiger partial charge >= 0.3 is 0 Å². The number of ether oxygens (including phenoxy) is 1. The summed E-state index contributed by atoms with van der Waals surface area (Å²) in [5, 5.41) is 3.29. The normalized spacial score (nSPS) is 15.1. The fourth-order valence-electron chi connectivity index (χ4n) is 2.67. The average molecular weight is 305 g/mol. The molecule has 0 unspecified atom stereocenters. The van der Waals surface area contributed by atoms with Gasteiger partial charge in [0, 0.05) is 58.5 Å². The lowest BCUT2D eigenvalue weighted by Crippen LogP contribution is -2.49. The predicted molar refractivity (Wildman–Crippen MR) is 89.2 cm³/mol. The first-order chi connectivity index (χ1) is 10.8. The minimum atomic E-state index is 0.256. The summed E-state index contributed by atoms with van der Waals surface area (Å²) in [6, 6.07) is 10.4. The fraction of sp³-hybridized carbons (Fsp3) is 0.588. The maximum absolute atomic E-state index is 12.2. The van der Waals surface area contributed by atoms with Crippen molar-refractivity contribution in [1.82, 2.24) is 10.2 Å². The quantitative estimate of drug-likeness (QED) is 0.737. The zero-order chi connectivity index (χ0) is 15.6. The third kappa shape index (κ3) is 5.31. The van der Waals surface area contributed by atoms with Crippen LogP contribution in [0.4, 0.5) is 5.69 Å². The summed E-state index contributed by atoms with van der Waals surface area (Å²) in [6.45, 7) is 5.88. The second-order valence-corrected chi connectivity index (χ2v) is 5.55. The number of benzene rings is 1. The van der Waals surface area contributed by atoms with E-state index in [1.807, 2.05) is 11.0 Å². The highest BCUT2D eigenvalue weighted by molar-refractivity contribution is 5.76. The predicted octanol–water partition coefficient (Wildman–Crippen LogP) is 1.35. The minimum Gasteiger partial charge on any atom is -0.385 e. The SMILES string of the molecule is COCCCNCCC(=O)N1CCN(c2ccccc2)CC1. The summed E-state index contributed by atoms with van der Waals surface area (Å²) < 4.78 is 4.99. The maximum atomic E-state index is 12.2. The highest BCUT2D eigenvalue weighted by Gasteiger charge is 2.20. The molecule has 1 N–H and O–H groups in total. The topological polar surface area (TPSA) is 44.8 Å². The molecule has 0 spiro atoms. The van der Waals surface area contributed by atoms with Crippen LogP contribution in [0.3, 0.4) is 0 Å². The highest BCUT2D eigenvalue weighted by Crippen LogP contribution is 2.15. The van der Waals surface area contributed by atoms with E-state index in [1.54, 1.807) is 7.11 Å². The standard InChI is InChI=1S/C17H27N3O2/c1-22-15-5-9-18-10-8-17(21)20-13-11-19(12-14-20)16-6-3-2-4-7-16/h2-4,6-7,18H,5,8-15H2,1H3. The van der Waals surface area contributed by atoms with Crippen LogP contribution in [0.1, 0.15) is 12.8 Å². The van der Waals surface area contributed by atoms with Crippen molar-refractivity contribution < 1.29 is 9.53 Å². The Morgan fingerprint density at radius 1 is 1.14 bits per heavy atom. The van der Waals surface area contributed by atoms with Gasteiger partial charge in [0.2, 0.25) is 5.91 Å². The molecule has 0 bridgehead atoms. The summed E-state index contributed by atoms with van der Waals surface area (Å²) in [7, 11) is 1.71. The molecule has 1 amide bonds. The number of nitrogens with zero attached hydrogens (tertiary/aromatic N) is 2. The molecule has 0 radical (unpaired) electrons. The van der Waals surface area contributed by atoms with Crippen LogP contribution in [0, 0.1) is 0 Å². The van der Waals surface area contributed by atoms with E-state index in [0.29, 0.717) is 6.42 Å². The van der Waals surface area contributed by atoms with Crippen LogP contribution in [0.5, 0.6) is 0 Å². The molecule has 1 aliphatic heterocycles. The molecule has 1 saturated heterocycles. The van der Waals surface area contributed by atoms with Crippen molar-refractivity contribution in [2.45, 2.75) is 12.8 Å². The molecule has 1 aromatic carbocycles. The van der Waals surface area contributed by atoms with Gasteiger partial charge in [-0.25, -0.2) is 0 Å². The molecule has 1 heterocycles. The van der Waals surface area contributed by atoms with Crippen LogP contribution in [-0.4, -0.2) is 63.8 Å². The van der Waals surface area contributed by atoms with Gasteiger partial charge in [-0.05, 0) is 25.1 Å². The molecular formula is C17H27N3O2. The second kappa shape index (κ2) is 9.43. The summed E-state index contributed by atoms with van der Waals surface area (Å²) >= 11 is 0. The van der Waals surface area contributed by atoms with E-state index in [0.717, 1.165) is 52.3 Å². The van der Waals surface area contributed by atoms with Gasteiger partial charge in [-0.3, -0.25) is 4.79 Å². The van der Waals surface area contributed by atoms with E-state index in [9.17, 15) is 4.79 Å². The number of amides is 1. The molecular weight excluding hydrogens is 278 g/mol. The first kappa shape index (κ1) is 16.8. The molecule has 0 aliphatic carbocycles. The lowest BCUT2D eigenvalue weighted by Gasteiger charge is -2.36. The molecule has 1 fully saturated rings. The van der Waals surface area contributed by atoms with E-state index in [2.05, 4.69) is 34.5 Å². The number of hydrogen-bond donors (Lipinski definition) is 1. The monoisotopic (exact) mass is 305 g/mol. The van der Waals surface area contributed by atoms with Gasteiger partial charge in [-0.1, -0.05) is 18.2 Å². The molecule has 2 rings (SSSR count). The highest BCUT2D eigenvalue weighted by atomic mass is 16.5. The number of nitrogens with one attached hydrogen (secondary N) is 1. The zero-order valence-electron chi connectivity index (χ0n) is 13.5. The first-order valence-electron chi connectivity index (χ1n) is 8.08. The Labute approximate surface area is 133 Å². The van der Waals surface area contributed by atoms with Gasteiger partial charge in [0.1, 0.15) is 0 Å². The number of para-hydroxylation sites is 1. The largest absolute Gasteiger partial charge is 0.385 e. The van der Waals surface area contributed by atoms with Gasteiger partial charge in [0.15, 0.2) is 0 Å². The molecule has 1 aromatic rings. The van der Waals surface area contributed by atoms with Gasteiger partial charge in [-0.2, -0.15) is 0 Å².